The van der Waals surface area contributed by atoms with Crippen LogP contribution in [0.15, 0.2) is 291 Å². The predicted molar refractivity (Wildman–Crippen MR) is 342 cm³/mol. The van der Waals surface area contributed by atoms with E-state index in [-0.39, 0.29) is 0 Å². The molecular weight excluding hydrogens is 975 g/mol. The van der Waals surface area contributed by atoms with Crippen molar-refractivity contribution in [1.29, 1.82) is 0 Å². The zero-order valence-corrected chi connectivity index (χ0v) is 44.4. The number of benzene rings is 14. The number of fused-ring (bicyclic) bond motifs is 10. The van der Waals surface area contributed by atoms with Gasteiger partial charge in [-0.3, -0.25) is 0 Å². The first kappa shape index (κ1) is 45.0. The van der Waals surface area contributed by atoms with Crippen molar-refractivity contribution in [2.24, 2.45) is 0 Å². The zero-order chi connectivity index (χ0) is 51.3. The van der Waals surface area contributed by atoms with Crippen LogP contribution in [-0.4, -0.2) is 0 Å². The summed E-state index contributed by atoms with van der Waals surface area (Å²) in [6.07, 6.45) is 0. The molecule has 0 fully saturated rings. The first-order valence-electron chi connectivity index (χ1n) is 27.0. The number of hydrogen-bond acceptors (Lipinski definition) is 0. The Balaban J connectivity index is 1.11. The smallest absolute Gasteiger partial charge is 0.0147 e. The molecule has 78 heavy (non-hydrogen) atoms. The van der Waals surface area contributed by atoms with E-state index in [0.717, 1.165) is 0 Å². The molecule has 2 heteroatoms. The first-order chi connectivity index (χ1) is 38.8. The standard InChI is InChI=1S/C76H48P2/c1-5-23-49(24-6-1)53-33-17-37-59-67(53)47-68-54(50-25-7-2-8-26-50)34-18-38-60(68)73(59)74-61-39-19-35-55(63-41-21-43-65-57-31-13-15-45-71(57)77(75(63)65)51-27-9-3-10-28-51)69(61)48-70-56(36-20-40-62(70)74)64-42-22-44-66-58-32-14-16-46-72(58)78(76(64)66)52-29-11-4-12-30-52/h1-48H. The van der Waals surface area contributed by atoms with E-state index in [0.29, 0.717) is 0 Å². The van der Waals surface area contributed by atoms with E-state index in [1.807, 2.05) is 0 Å². The highest BCUT2D eigenvalue weighted by atomic mass is 31.1. The van der Waals surface area contributed by atoms with Gasteiger partial charge >= 0.3 is 0 Å². The van der Waals surface area contributed by atoms with Crippen molar-refractivity contribution in [3.63, 3.8) is 0 Å². The van der Waals surface area contributed by atoms with Crippen LogP contribution in [0.5, 0.6) is 0 Å². The molecule has 0 spiro atoms. The fourth-order valence-corrected chi connectivity index (χ4v) is 18.8. The lowest BCUT2D eigenvalue weighted by atomic mass is 9.81. The SMILES string of the molecule is c1ccc(-c2cccc3c(-c4c5cccc(-c6cccc7c8ccccc8p(-c8ccccc8)c67)c5cc5c(-c6cccc7c8ccccc8p(-c8ccccc8)c67)cccc45)c4cccc(-c5ccccc5)c4cc23)cc1. The molecule has 0 aliphatic rings. The Morgan fingerprint density at radius 3 is 0.846 bits per heavy atom. The summed E-state index contributed by atoms with van der Waals surface area (Å²) in [4.78, 5) is 0. The summed E-state index contributed by atoms with van der Waals surface area (Å²) in [7, 11) is -1.70. The third-order valence-electron chi connectivity index (χ3n) is 16.5. The molecule has 0 radical (unpaired) electrons. The Hall–Kier alpha value is -9.28. The molecule has 0 nitrogen and oxygen atoms in total. The van der Waals surface area contributed by atoms with Crippen LogP contribution in [0.1, 0.15) is 0 Å². The zero-order valence-electron chi connectivity index (χ0n) is 42.6. The second-order valence-corrected chi connectivity index (χ2v) is 24.9. The van der Waals surface area contributed by atoms with Crippen LogP contribution < -0.4 is 0 Å². The summed E-state index contributed by atoms with van der Waals surface area (Å²) >= 11 is 0. The van der Waals surface area contributed by atoms with E-state index < -0.39 is 15.1 Å². The van der Waals surface area contributed by atoms with E-state index in [1.165, 1.54) is 151 Å². The van der Waals surface area contributed by atoms with Gasteiger partial charge in [0.2, 0.25) is 0 Å². The van der Waals surface area contributed by atoms with Crippen molar-refractivity contribution >= 4 is 100 Å². The maximum atomic E-state index is 2.58. The highest BCUT2D eigenvalue weighted by Crippen LogP contribution is 2.61. The van der Waals surface area contributed by atoms with Gasteiger partial charge in [0.05, 0.1) is 0 Å². The monoisotopic (exact) mass is 1020 g/mol. The molecular formula is C76H48P2. The Bertz CT molecular complexity index is 4740. The molecule has 16 aromatic rings. The van der Waals surface area contributed by atoms with Crippen LogP contribution in [0.3, 0.4) is 0 Å². The van der Waals surface area contributed by atoms with Crippen LogP contribution >= 0.6 is 15.1 Å². The van der Waals surface area contributed by atoms with Gasteiger partial charge in [-0.1, -0.05) is 294 Å². The minimum absolute atomic E-state index is 0.850. The van der Waals surface area contributed by atoms with Crippen LogP contribution in [0.2, 0.25) is 0 Å². The molecule has 2 unspecified atom stereocenters. The van der Waals surface area contributed by atoms with E-state index in [9.17, 15) is 0 Å². The minimum atomic E-state index is -0.850. The Morgan fingerprint density at radius 1 is 0.179 bits per heavy atom. The summed E-state index contributed by atoms with van der Waals surface area (Å²) < 4.78 is 0. The van der Waals surface area contributed by atoms with Crippen molar-refractivity contribution in [3.05, 3.63) is 291 Å². The summed E-state index contributed by atoms with van der Waals surface area (Å²) in [6, 6.07) is 110. The quantitative estimate of drug-likeness (QED) is 0.140. The Labute approximate surface area is 454 Å². The van der Waals surface area contributed by atoms with Crippen LogP contribution in [0.4, 0.5) is 0 Å². The van der Waals surface area contributed by atoms with Crippen molar-refractivity contribution in [3.8, 4) is 66.2 Å². The van der Waals surface area contributed by atoms with Crippen molar-refractivity contribution < 1.29 is 0 Å². The highest BCUT2D eigenvalue weighted by molar-refractivity contribution is 7.68. The molecule has 362 valence electrons. The molecule has 0 saturated carbocycles. The van der Waals surface area contributed by atoms with Gasteiger partial charge in [-0.15, -0.1) is 0 Å². The lowest BCUT2D eigenvalue weighted by molar-refractivity contribution is 1.64. The molecule has 2 heterocycles. The van der Waals surface area contributed by atoms with E-state index in [2.05, 4.69) is 291 Å². The molecule has 14 aromatic carbocycles. The van der Waals surface area contributed by atoms with Crippen LogP contribution in [0.25, 0.3) is 151 Å². The largest absolute Gasteiger partial charge is 0.0766 e. The summed E-state index contributed by atoms with van der Waals surface area (Å²) in [6.45, 7) is 0. The third kappa shape index (κ3) is 6.88. The summed E-state index contributed by atoms with van der Waals surface area (Å²) in [5, 5.41) is 23.8. The normalized spacial score (nSPS) is 12.3. The lowest BCUT2D eigenvalue weighted by Crippen LogP contribution is -1.94. The molecule has 2 aromatic heterocycles. The van der Waals surface area contributed by atoms with Gasteiger partial charge in [-0.2, -0.15) is 0 Å². The minimum Gasteiger partial charge on any atom is -0.0766 e. The van der Waals surface area contributed by atoms with Gasteiger partial charge in [0.25, 0.3) is 0 Å². The molecule has 16 rings (SSSR count). The van der Waals surface area contributed by atoms with Gasteiger partial charge in [0.1, 0.15) is 0 Å². The molecule has 0 amide bonds. The topological polar surface area (TPSA) is 0 Å². The molecule has 0 bridgehead atoms. The van der Waals surface area contributed by atoms with Gasteiger partial charge in [-0.05, 0) is 143 Å². The Kier molecular flexibility index (Phi) is 10.5. The highest BCUT2D eigenvalue weighted by Gasteiger charge is 2.25. The average Bonchev–Trinajstić information content (AvgIpc) is 4.21. The van der Waals surface area contributed by atoms with Crippen LogP contribution in [0, 0.1) is 0 Å². The van der Waals surface area contributed by atoms with E-state index in [1.54, 1.807) is 0 Å². The summed E-state index contributed by atoms with van der Waals surface area (Å²) in [5.41, 5.74) is 12.5. The summed E-state index contributed by atoms with van der Waals surface area (Å²) in [5.74, 6) is 0. The fourth-order valence-electron chi connectivity index (χ4n) is 13.2. The second-order valence-electron chi connectivity index (χ2n) is 20.6. The second kappa shape index (κ2) is 18.2. The molecule has 0 aliphatic carbocycles. The average molecular weight is 1020 g/mol. The Morgan fingerprint density at radius 2 is 0.462 bits per heavy atom. The van der Waals surface area contributed by atoms with Gasteiger partial charge in [-0.25, -0.2) is 0 Å². The fraction of sp³-hybridized carbons (Fsp3) is 0. The first-order valence-corrected chi connectivity index (χ1v) is 29.7. The molecule has 0 aliphatic heterocycles. The molecule has 0 N–H and O–H groups in total. The van der Waals surface area contributed by atoms with Gasteiger partial charge < -0.3 is 0 Å². The van der Waals surface area contributed by atoms with Crippen LogP contribution in [-0.2, 0) is 0 Å². The number of hydrogen-bond donors (Lipinski definition) is 0. The lowest BCUT2D eigenvalue weighted by Gasteiger charge is -2.22. The van der Waals surface area contributed by atoms with Crippen molar-refractivity contribution in [2.75, 3.05) is 0 Å². The van der Waals surface area contributed by atoms with Crippen molar-refractivity contribution in [1.82, 2.24) is 0 Å². The predicted octanol–water partition coefficient (Wildman–Crippen LogP) is 23.2. The third-order valence-corrected chi connectivity index (χ3v) is 21.7. The van der Waals surface area contributed by atoms with E-state index in [4.69, 9.17) is 0 Å². The molecule has 2 atom stereocenters. The maximum absolute atomic E-state index is 2.58. The number of rotatable bonds is 7. The molecule has 0 saturated heterocycles. The van der Waals surface area contributed by atoms with E-state index >= 15 is 0 Å². The van der Waals surface area contributed by atoms with Gasteiger partial charge in [0.15, 0.2) is 0 Å². The maximum Gasteiger partial charge on any atom is 0.0147 e. The van der Waals surface area contributed by atoms with Crippen molar-refractivity contribution in [2.45, 2.75) is 0 Å². The van der Waals surface area contributed by atoms with Gasteiger partial charge in [0, 0.05) is 20.5 Å².